The third-order valence-corrected chi connectivity index (χ3v) is 2.27. The Kier molecular flexibility index (Phi) is 6.77. The fourth-order valence-electron chi connectivity index (χ4n) is 1.29. The molecule has 0 aliphatic rings. The van der Waals surface area contributed by atoms with Crippen molar-refractivity contribution in [3.8, 4) is 0 Å². The second-order valence-corrected chi connectivity index (χ2v) is 4.63. The van der Waals surface area contributed by atoms with E-state index in [1.807, 2.05) is 13.8 Å². The molecule has 0 aromatic carbocycles. The first-order chi connectivity index (χ1) is 7.37. The third-order valence-electron chi connectivity index (χ3n) is 2.27. The first-order valence-corrected chi connectivity index (χ1v) is 5.82. The molecule has 0 saturated carbocycles. The Balaban J connectivity index is 3.84. The van der Waals surface area contributed by atoms with Gasteiger partial charge in [-0.3, -0.25) is 9.59 Å². The highest BCUT2D eigenvalue weighted by Gasteiger charge is 2.20. The van der Waals surface area contributed by atoms with Crippen LogP contribution >= 0.6 is 0 Å². The van der Waals surface area contributed by atoms with E-state index in [1.54, 1.807) is 0 Å². The summed E-state index contributed by atoms with van der Waals surface area (Å²) in [5.74, 6) is -0.220. The summed E-state index contributed by atoms with van der Waals surface area (Å²) >= 11 is 0. The van der Waals surface area contributed by atoms with E-state index in [9.17, 15) is 9.59 Å². The third kappa shape index (κ3) is 8.26. The maximum absolute atomic E-state index is 11.5. The number of carbonyl (C=O) groups excluding carboxylic acids is 2. The average Bonchev–Trinajstić information content (AvgIpc) is 2.12. The largest absolute Gasteiger partial charge is 0.466 e. The predicted octanol–water partition coefficient (Wildman–Crippen LogP) is 2.02. The molecule has 16 heavy (non-hydrogen) atoms. The van der Waals surface area contributed by atoms with E-state index in [2.05, 4.69) is 12.2 Å². The summed E-state index contributed by atoms with van der Waals surface area (Å²) in [5.41, 5.74) is -0.319. The molecular formula is C12H23NO3. The summed E-state index contributed by atoms with van der Waals surface area (Å²) in [6, 6.07) is 0. The predicted molar refractivity (Wildman–Crippen MR) is 63.0 cm³/mol. The van der Waals surface area contributed by atoms with Gasteiger partial charge in [0.15, 0.2) is 0 Å². The van der Waals surface area contributed by atoms with E-state index < -0.39 is 0 Å². The molecule has 0 fully saturated rings. The number of hydrogen-bond acceptors (Lipinski definition) is 3. The van der Waals surface area contributed by atoms with Crippen molar-refractivity contribution in [1.82, 2.24) is 5.32 Å². The van der Waals surface area contributed by atoms with E-state index in [4.69, 9.17) is 4.74 Å². The SMILES string of the molecule is CCCCC(=O)NC(C)(C)CCOC(C)=O. The molecule has 1 N–H and O–H groups in total. The van der Waals surface area contributed by atoms with Crippen LogP contribution < -0.4 is 5.32 Å². The normalized spacial score (nSPS) is 11.0. The van der Waals surface area contributed by atoms with Gasteiger partial charge in [-0.2, -0.15) is 0 Å². The van der Waals surface area contributed by atoms with Gasteiger partial charge in [-0.15, -0.1) is 0 Å². The zero-order valence-corrected chi connectivity index (χ0v) is 10.8. The number of unbranched alkanes of at least 4 members (excludes halogenated alkanes) is 1. The number of nitrogens with one attached hydrogen (secondary N) is 1. The maximum atomic E-state index is 11.5. The summed E-state index contributed by atoms with van der Waals surface area (Å²) in [4.78, 5) is 22.1. The van der Waals surface area contributed by atoms with Crippen LogP contribution in [0.15, 0.2) is 0 Å². The Bertz CT molecular complexity index is 236. The van der Waals surface area contributed by atoms with Crippen molar-refractivity contribution in [3.63, 3.8) is 0 Å². The Morgan fingerprint density at radius 2 is 1.94 bits per heavy atom. The molecule has 4 nitrogen and oxygen atoms in total. The van der Waals surface area contributed by atoms with Crippen LogP contribution in [-0.2, 0) is 14.3 Å². The number of hydrogen-bond donors (Lipinski definition) is 1. The molecular weight excluding hydrogens is 206 g/mol. The van der Waals surface area contributed by atoms with Gasteiger partial charge >= 0.3 is 5.97 Å². The van der Waals surface area contributed by atoms with Crippen LogP contribution in [0.5, 0.6) is 0 Å². The Morgan fingerprint density at radius 1 is 1.31 bits per heavy atom. The minimum absolute atomic E-state index is 0.0645. The highest BCUT2D eigenvalue weighted by molar-refractivity contribution is 5.76. The molecule has 1 amide bonds. The molecule has 0 spiro atoms. The summed E-state index contributed by atoms with van der Waals surface area (Å²) < 4.78 is 4.85. The number of amides is 1. The highest BCUT2D eigenvalue weighted by atomic mass is 16.5. The van der Waals surface area contributed by atoms with Crippen LogP contribution in [0.2, 0.25) is 0 Å². The van der Waals surface area contributed by atoms with Crippen LogP contribution in [0.3, 0.4) is 0 Å². The van der Waals surface area contributed by atoms with Crippen LogP contribution in [-0.4, -0.2) is 24.0 Å². The summed E-state index contributed by atoms with van der Waals surface area (Å²) in [7, 11) is 0. The van der Waals surface area contributed by atoms with Crippen molar-refractivity contribution in [2.45, 2.75) is 58.9 Å². The molecule has 0 saturated heterocycles. The van der Waals surface area contributed by atoms with Gasteiger partial charge in [0.05, 0.1) is 6.61 Å². The van der Waals surface area contributed by atoms with Crippen molar-refractivity contribution in [2.75, 3.05) is 6.61 Å². The second-order valence-electron chi connectivity index (χ2n) is 4.63. The highest BCUT2D eigenvalue weighted by Crippen LogP contribution is 2.09. The fourth-order valence-corrected chi connectivity index (χ4v) is 1.29. The van der Waals surface area contributed by atoms with E-state index in [0.717, 1.165) is 12.8 Å². The Morgan fingerprint density at radius 3 is 2.44 bits per heavy atom. The topological polar surface area (TPSA) is 55.4 Å². The second kappa shape index (κ2) is 7.25. The molecule has 0 aromatic rings. The van der Waals surface area contributed by atoms with Crippen molar-refractivity contribution >= 4 is 11.9 Å². The molecule has 0 radical (unpaired) electrons. The molecule has 0 heterocycles. The minimum Gasteiger partial charge on any atom is -0.466 e. The molecule has 0 aliphatic heterocycles. The molecule has 0 aromatic heterocycles. The zero-order chi connectivity index (χ0) is 12.6. The van der Waals surface area contributed by atoms with Crippen LogP contribution in [0.1, 0.15) is 53.4 Å². The van der Waals surface area contributed by atoms with Crippen molar-refractivity contribution in [1.29, 1.82) is 0 Å². The van der Waals surface area contributed by atoms with E-state index in [1.165, 1.54) is 6.92 Å². The van der Waals surface area contributed by atoms with Crippen LogP contribution in [0, 0.1) is 0 Å². The number of esters is 1. The standard InChI is InChI=1S/C12H23NO3/c1-5-6-7-11(15)13-12(3,4)8-9-16-10(2)14/h5-9H2,1-4H3,(H,13,15). The van der Waals surface area contributed by atoms with Gasteiger partial charge in [-0.05, 0) is 20.3 Å². The lowest BCUT2D eigenvalue weighted by molar-refractivity contribution is -0.141. The van der Waals surface area contributed by atoms with Crippen LogP contribution in [0.25, 0.3) is 0 Å². The van der Waals surface area contributed by atoms with E-state index >= 15 is 0 Å². The number of ether oxygens (including phenoxy) is 1. The fraction of sp³-hybridized carbons (Fsp3) is 0.833. The van der Waals surface area contributed by atoms with E-state index in [-0.39, 0.29) is 17.4 Å². The lowest BCUT2D eigenvalue weighted by Gasteiger charge is -2.26. The molecule has 4 heteroatoms. The minimum atomic E-state index is -0.319. The monoisotopic (exact) mass is 229 g/mol. The van der Waals surface area contributed by atoms with Gasteiger partial charge in [0, 0.05) is 25.3 Å². The Hall–Kier alpha value is -1.06. The van der Waals surface area contributed by atoms with Crippen molar-refractivity contribution in [2.24, 2.45) is 0 Å². The van der Waals surface area contributed by atoms with Crippen molar-refractivity contribution < 1.29 is 14.3 Å². The van der Waals surface area contributed by atoms with Gasteiger partial charge in [-0.1, -0.05) is 13.3 Å². The molecule has 0 aliphatic carbocycles. The van der Waals surface area contributed by atoms with E-state index in [0.29, 0.717) is 19.4 Å². The average molecular weight is 229 g/mol. The van der Waals surface area contributed by atoms with Crippen LogP contribution in [0.4, 0.5) is 0 Å². The first kappa shape index (κ1) is 14.9. The Labute approximate surface area is 97.7 Å². The van der Waals surface area contributed by atoms with Gasteiger partial charge < -0.3 is 10.1 Å². The van der Waals surface area contributed by atoms with Gasteiger partial charge in [-0.25, -0.2) is 0 Å². The lowest BCUT2D eigenvalue weighted by atomic mass is 10.0. The quantitative estimate of drug-likeness (QED) is 0.679. The summed E-state index contributed by atoms with van der Waals surface area (Å²) in [6.07, 6.45) is 3.12. The summed E-state index contributed by atoms with van der Waals surface area (Å²) in [5, 5.41) is 2.93. The van der Waals surface area contributed by atoms with Crippen molar-refractivity contribution in [3.05, 3.63) is 0 Å². The van der Waals surface area contributed by atoms with Gasteiger partial charge in [0.25, 0.3) is 0 Å². The molecule has 0 unspecified atom stereocenters. The molecule has 94 valence electrons. The first-order valence-electron chi connectivity index (χ1n) is 5.82. The van der Waals surface area contributed by atoms with Gasteiger partial charge in [0.1, 0.15) is 0 Å². The number of carbonyl (C=O) groups is 2. The maximum Gasteiger partial charge on any atom is 0.302 e. The molecule has 0 bridgehead atoms. The molecule has 0 atom stereocenters. The smallest absolute Gasteiger partial charge is 0.302 e. The van der Waals surface area contributed by atoms with Gasteiger partial charge in [0.2, 0.25) is 5.91 Å². The zero-order valence-electron chi connectivity index (χ0n) is 10.8. The lowest BCUT2D eigenvalue weighted by Crippen LogP contribution is -2.44. The molecule has 0 rings (SSSR count). The number of rotatable bonds is 7. The summed E-state index contributed by atoms with van der Waals surface area (Å²) in [6.45, 7) is 7.64.